The van der Waals surface area contributed by atoms with Crippen LogP contribution in [-0.4, -0.2) is 14.5 Å². The van der Waals surface area contributed by atoms with Gasteiger partial charge in [0, 0.05) is 27.5 Å². The predicted molar refractivity (Wildman–Crippen MR) is 86.8 cm³/mol. The quantitative estimate of drug-likeness (QED) is 0.888. The zero-order valence-electron chi connectivity index (χ0n) is 12.0. The summed E-state index contributed by atoms with van der Waals surface area (Å²) in [5, 5.41) is 0.774. The van der Waals surface area contributed by atoms with Gasteiger partial charge in [-0.15, -0.1) is 11.3 Å². The van der Waals surface area contributed by atoms with Crippen molar-refractivity contribution in [3.05, 3.63) is 29.1 Å². The second kappa shape index (κ2) is 5.68. The van der Waals surface area contributed by atoms with Crippen molar-refractivity contribution in [1.82, 2.24) is 4.72 Å². The van der Waals surface area contributed by atoms with Gasteiger partial charge in [-0.1, -0.05) is 24.6 Å². The molecule has 1 fully saturated rings. The van der Waals surface area contributed by atoms with Crippen LogP contribution in [0.25, 0.3) is 10.1 Å². The number of nitrogens with two attached hydrogens (primary N) is 1. The minimum absolute atomic E-state index is 0.0203. The predicted octanol–water partition coefficient (Wildman–Crippen LogP) is 2.83. The molecule has 0 spiro atoms. The molecule has 0 bridgehead atoms. The van der Waals surface area contributed by atoms with E-state index in [1.165, 1.54) is 17.8 Å². The molecule has 4 nitrogen and oxygen atoms in total. The number of benzene rings is 1. The van der Waals surface area contributed by atoms with Gasteiger partial charge in [0.05, 0.1) is 0 Å². The van der Waals surface area contributed by atoms with Crippen molar-refractivity contribution >= 4 is 31.4 Å². The molecule has 0 saturated heterocycles. The molecule has 1 aromatic carbocycles. The molecular weight excluding hydrogens is 304 g/mol. The summed E-state index contributed by atoms with van der Waals surface area (Å²) in [4.78, 5) is 1.10. The molecule has 1 unspecified atom stereocenters. The highest BCUT2D eigenvalue weighted by Crippen LogP contribution is 2.35. The van der Waals surface area contributed by atoms with Crippen molar-refractivity contribution in [3.8, 4) is 0 Å². The Hall–Kier alpha value is -0.950. The first kappa shape index (κ1) is 15.0. The van der Waals surface area contributed by atoms with E-state index in [0.717, 1.165) is 27.8 Å². The van der Waals surface area contributed by atoms with Crippen LogP contribution in [0.3, 0.4) is 0 Å². The number of hydrogen-bond donors (Lipinski definition) is 2. The lowest BCUT2D eigenvalue weighted by atomic mass is 9.81. The number of hydrogen-bond acceptors (Lipinski definition) is 4. The van der Waals surface area contributed by atoms with Crippen LogP contribution in [-0.2, 0) is 16.6 Å². The van der Waals surface area contributed by atoms with E-state index in [1.807, 2.05) is 31.2 Å². The summed E-state index contributed by atoms with van der Waals surface area (Å²) in [5.41, 5.74) is 5.76. The third kappa shape index (κ3) is 2.73. The Morgan fingerprint density at radius 1 is 1.38 bits per heavy atom. The molecule has 3 rings (SSSR count). The maximum Gasteiger partial charge on any atom is 0.242 e. The van der Waals surface area contributed by atoms with E-state index in [2.05, 4.69) is 4.72 Å². The third-order valence-electron chi connectivity index (χ3n) is 4.27. The minimum atomic E-state index is -3.53. The van der Waals surface area contributed by atoms with Crippen LogP contribution in [0.5, 0.6) is 0 Å². The lowest BCUT2D eigenvalue weighted by Crippen LogP contribution is -2.40. The first-order valence-electron chi connectivity index (χ1n) is 7.25. The maximum atomic E-state index is 12.8. The molecule has 1 atom stereocenters. The minimum Gasteiger partial charge on any atom is -0.326 e. The van der Waals surface area contributed by atoms with Gasteiger partial charge >= 0.3 is 0 Å². The Labute approximate surface area is 129 Å². The Morgan fingerprint density at radius 2 is 2.10 bits per heavy atom. The van der Waals surface area contributed by atoms with Gasteiger partial charge in [-0.2, -0.15) is 0 Å². The number of rotatable bonds is 5. The lowest BCUT2D eigenvalue weighted by Gasteiger charge is -2.31. The fraction of sp³-hybridized carbons (Fsp3) is 0.467. The molecule has 0 aliphatic heterocycles. The molecule has 0 radical (unpaired) electrons. The van der Waals surface area contributed by atoms with E-state index in [4.69, 9.17) is 5.73 Å². The van der Waals surface area contributed by atoms with E-state index in [9.17, 15) is 8.42 Å². The molecule has 1 aliphatic carbocycles. The van der Waals surface area contributed by atoms with Crippen LogP contribution in [0.4, 0.5) is 0 Å². The summed E-state index contributed by atoms with van der Waals surface area (Å²) >= 11 is 1.46. The SMILES string of the molecule is CC(NS(=O)(=O)c1c(CN)sc2ccccc12)C1CCC1. The van der Waals surface area contributed by atoms with E-state index in [0.29, 0.717) is 10.8 Å². The average molecular weight is 324 g/mol. The van der Waals surface area contributed by atoms with Gasteiger partial charge in [0.25, 0.3) is 0 Å². The van der Waals surface area contributed by atoms with Crippen LogP contribution >= 0.6 is 11.3 Å². The Kier molecular flexibility index (Phi) is 4.05. The molecule has 0 amide bonds. The summed E-state index contributed by atoms with van der Waals surface area (Å²) in [6, 6.07) is 7.55. The van der Waals surface area contributed by atoms with Gasteiger partial charge < -0.3 is 5.73 Å². The molecule has 1 saturated carbocycles. The summed E-state index contributed by atoms with van der Waals surface area (Å²) in [6.07, 6.45) is 3.42. The van der Waals surface area contributed by atoms with Crippen LogP contribution in [0.15, 0.2) is 29.2 Å². The van der Waals surface area contributed by atoms with Crippen molar-refractivity contribution in [2.24, 2.45) is 11.7 Å². The Morgan fingerprint density at radius 3 is 2.71 bits per heavy atom. The number of nitrogens with one attached hydrogen (secondary N) is 1. The number of fused-ring (bicyclic) bond motifs is 1. The van der Waals surface area contributed by atoms with Gasteiger partial charge in [0.1, 0.15) is 4.90 Å². The Bertz CT molecular complexity index is 748. The molecule has 1 aromatic heterocycles. The highest BCUT2D eigenvalue weighted by atomic mass is 32.2. The second-order valence-electron chi connectivity index (χ2n) is 5.66. The van der Waals surface area contributed by atoms with Gasteiger partial charge in [0.15, 0.2) is 0 Å². The van der Waals surface area contributed by atoms with Crippen molar-refractivity contribution < 1.29 is 8.42 Å². The van der Waals surface area contributed by atoms with Crippen molar-refractivity contribution in [2.75, 3.05) is 0 Å². The van der Waals surface area contributed by atoms with Crippen molar-refractivity contribution in [1.29, 1.82) is 0 Å². The first-order chi connectivity index (χ1) is 10.0. The van der Waals surface area contributed by atoms with Gasteiger partial charge in [0.2, 0.25) is 10.0 Å². The maximum absolute atomic E-state index is 12.8. The molecule has 1 heterocycles. The molecular formula is C15H20N2O2S2. The first-order valence-corrected chi connectivity index (χ1v) is 9.55. The molecule has 1 aliphatic rings. The highest BCUT2D eigenvalue weighted by Gasteiger charge is 2.30. The molecule has 2 aromatic rings. The zero-order chi connectivity index (χ0) is 15.0. The van der Waals surface area contributed by atoms with Crippen LogP contribution in [0, 0.1) is 5.92 Å². The van der Waals surface area contributed by atoms with Crippen molar-refractivity contribution in [2.45, 2.75) is 43.7 Å². The summed E-state index contributed by atoms with van der Waals surface area (Å²) < 4.78 is 29.4. The molecule has 3 N–H and O–H groups in total. The van der Waals surface area contributed by atoms with Gasteiger partial charge in [-0.05, 0) is 31.7 Å². The molecule has 114 valence electrons. The van der Waals surface area contributed by atoms with E-state index >= 15 is 0 Å². The highest BCUT2D eigenvalue weighted by molar-refractivity contribution is 7.90. The topological polar surface area (TPSA) is 72.2 Å². The summed E-state index contributed by atoms with van der Waals surface area (Å²) in [6.45, 7) is 2.20. The zero-order valence-corrected chi connectivity index (χ0v) is 13.6. The fourth-order valence-electron chi connectivity index (χ4n) is 2.84. The lowest BCUT2D eigenvalue weighted by molar-refractivity contribution is 0.260. The number of thiophene rings is 1. The molecule has 6 heteroatoms. The van der Waals surface area contributed by atoms with Crippen LogP contribution in [0.2, 0.25) is 0 Å². The van der Waals surface area contributed by atoms with Gasteiger partial charge in [-0.25, -0.2) is 13.1 Å². The summed E-state index contributed by atoms with van der Waals surface area (Å²) in [7, 11) is -3.53. The normalized spacial score (nSPS) is 17.8. The Balaban J connectivity index is 2.01. The second-order valence-corrected chi connectivity index (χ2v) is 8.44. The average Bonchev–Trinajstić information content (AvgIpc) is 2.74. The standard InChI is InChI=1S/C15H20N2O2S2/c1-10(11-5-4-6-11)17-21(18,19)15-12-7-2-3-8-13(12)20-14(15)9-16/h2-3,7-8,10-11,17H,4-6,9,16H2,1H3. The van der Waals surface area contributed by atoms with Crippen LogP contribution < -0.4 is 10.5 Å². The largest absolute Gasteiger partial charge is 0.326 e. The smallest absolute Gasteiger partial charge is 0.242 e. The molecule has 21 heavy (non-hydrogen) atoms. The third-order valence-corrected chi connectivity index (χ3v) is 7.28. The van der Waals surface area contributed by atoms with Crippen LogP contribution in [0.1, 0.15) is 31.1 Å². The van der Waals surface area contributed by atoms with Crippen molar-refractivity contribution in [3.63, 3.8) is 0 Å². The fourth-order valence-corrected chi connectivity index (χ4v) is 5.99. The monoisotopic (exact) mass is 324 g/mol. The van der Waals surface area contributed by atoms with E-state index < -0.39 is 10.0 Å². The number of sulfonamides is 1. The van der Waals surface area contributed by atoms with E-state index in [1.54, 1.807) is 0 Å². The summed E-state index contributed by atoms with van der Waals surface area (Å²) in [5.74, 6) is 0.464. The van der Waals surface area contributed by atoms with E-state index in [-0.39, 0.29) is 12.6 Å². The van der Waals surface area contributed by atoms with Gasteiger partial charge in [-0.3, -0.25) is 0 Å².